The van der Waals surface area contributed by atoms with Gasteiger partial charge >= 0.3 is 5.69 Å². The topological polar surface area (TPSA) is 90.5 Å². The second kappa shape index (κ2) is 6.90. The predicted octanol–water partition coefficient (Wildman–Crippen LogP) is 1.06. The van der Waals surface area contributed by atoms with Crippen LogP contribution < -0.4 is 15.7 Å². The minimum Gasteiger partial charge on any atom is -0.480 e. The number of aromatic nitrogens is 4. The lowest BCUT2D eigenvalue weighted by atomic mass is 10.1. The number of methoxy groups -OCH3 is 1. The smallest absolute Gasteiger partial charge is 0.351 e. The highest BCUT2D eigenvalue weighted by molar-refractivity contribution is 5.76. The molecule has 0 saturated carbocycles. The highest BCUT2D eigenvalue weighted by atomic mass is 19.2. The molecule has 1 atom stereocenters. The molecule has 26 heavy (non-hydrogen) atoms. The molecule has 0 fully saturated rings. The third kappa shape index (κ3) is 3.39. The number of halogens is 2. The van der Waals surface area contributed by atoms with Gasteiger partial charge in [-0.3, -0.25) is 4.79 Å². The summed E-state index contributed by atoms with van der Waals surface area (Å²) in [7, 11) is 1.41. The molecule has 0 bridgehead atoms. The molecule has 1 aromatic carbocycles. The number of hydrogen-bond donors (Lipinski definition) is 1. The minimum atomic E-state index is -0.999. The van der Waals surface area contributed by atoms with E-state index >= 15 is 0 Å². The minimum absolute atomic E-state index is 0.232. The molecule has 0 aliphatic heterocycles. The summed E-state index contributed by atoms with van der Waals surface area (Å²) >= 11 is 0. The lowest BCUT2D eigenvalue weighted by molar-refractivity contribution is -0.122. The Bertz CT molecular complexity index is 1030. The number of fused-ring (bicyclic) bond motifs is 1. The van der Waals surface area contributed by atoms with E-state index in [0.717, 1.165) is 16.8 Å². The maximum atomic E-state index is 13.3. The molecule has 0 aliphatic carbocycles. The first-order chi connectivity index (χ1) is 12.4. The van der Waals surface area contributed by atoms with Crippen LogP contribution >= 0.6 is 0 Å². The van der Waals surface area contributed by atoms with Gasteiger partial charge in [0.1, 0.15) is 6.54 Å². The first-order valence-electron chi connectivity index (χ1n) is 7.62. The molecule has 0 aliphatic rings. The van der Waals surface area contributed by atoms with Crippen LogP contribution in [-0.4, -0.2) is 32.2 Å². The summed E-state index contributed by atoms with van der Waals surface area (Å²) in [5.41, 5.74) is 0.127. The molecule has 2 heterocycles. The molecule has 2 aromatic heterocycles. The Morgan fingerprint density at radius 3 is 2.81 bits per heavy atom. The predicted molar refractivity (Wildman–Crippen MR) is 86.7 cm³/mol. The number of benzene rings is 1. The first kappa shape index (κ1) is 17.5. The summed E-state index contributed by atoms with van der Waals surface area (Å²) in [5, 5.41) is 6.62. The number of nitrogens with one attached hydrogen (secondary N) is 1. The van der Waals surface area contributed by atoms with Gasteiger partial charge in [-0.25, -0.2) is 27.6 Å². The molecule has 3 aromatic rings. The molecule has 0 spiro atoms. The van der Waals surface area contributed by atoms with Crippen molar-refractivity contribution in [2.24, 2.45) is 0 Å². The summed E-state index contributed by atoms with van der Waals surface area (Å²) < 4.78 is 33.4. The van der Waals surface area contributed by atoms with Gasteiger partial charge in [0.15, 0.2) is 17.3 Å². The zero-order chi connectivity index (χ0) is 18.8. The molecule has 0 unspecified atom stereocenters. The van der Waals surface area contributed by atoms with E-state index in [2.05, 4.69) is 15.4 Å². The highest BCUT2D eigenvalue weighted by Gasteiger charge is 2.15. The van der Waals surface area contributed by atoms with E-state index < -0.39 is 29.3 Å². The summed E-state index contributed by atoms with van der Waals surface area (Å²) in [6.45, 7) is 1.28. The van der Waals surface area contributed by atoms with Crippen molar-refractivity contribution >= 4 is 11.6 Å². The van der Waals surface area contributed by atoms with E-state index in [-0.39, 0.29) is 18.1 Å². The van der Waals surface area contributed by atoms with Gasteiger partial charge in [0.25, 0.3) is 0 Å². The second-order valence-electron chi connectivity index (χ2n) is 5.56. The van der Waals surface area contributed by atoms with E-state index in [0.29, 0.717) is 5.56 Å². The average Bonchev–Trinajstić information content (AvgIpc) is 2.92. The number of rotatable bonds is 5. The number of ether oxygens (including phenoxy) is 1. The Balaban J connectivity index is 1.75. The van der Waals surface area contributed by atoms with Gasteiger partial charge in [0, 0.05) is 0 Å². The number of carbonyl (C=O) groups excluding carboxylic acids is 1. The molecular formula is C16H15F2N5O3. The summed E-state index contributed by atoms with van der Waals surface area (Å²) in [6.07, 6.45) is 2.71. The van der Waals surface area contributed by atoms with Crippen LogP contribution in [0.2, 0.25) is 0 Å². The first-order valence-corrected chi connectivity index (χ1v) is 7.62. The highest BCUT2D eigenvalue weighted by Crippen LogP contribution is 2.15. The number of nitrogens with zero attached hydrogens (tertiary/aromatic N) is 4. The van der Waals surface area contributed by atoms with Crippen LogP contribution in [0.4, 0.5) is 8.78 Å². The van der Waals surface area contributed by atoms with Crippen molar-refractivity contribution < 1.29 is 18.3 Å². The molecule has 1 amide bonds. The fraction of sp³-hybridized carbons (Fsp3) is 0.250. The normalized spacial score (nSPS) is 12.2. The Morgan fingerprint density at radius 1 is 1.35 bits per heavy atom. The summed E-state index contributed by atoms with van der Waals surface area (Å²) in [5.74, 6) is -2.24. The van der Waals surface area contributed by atoms with Gasteiger partial charge < -0.3 is 10.1 Å². The van der Waals surface area contributed by atoms with Gasteiger partial charge in [0.2, 0.25) is 11.8 Å². The fourth-order valence-electron chi connectivity index (χ4n) is 2.41. The lowest BCUT2D eigenvalue weighted by Crippen LogP contribution is -2.34. The van der Waals surface area contributed by atoms with E-state index in [4.69, 9.17) is 4.74 Å². The van der Waals surface area contributed by atoms with Gasteiger partial charge in [-0.05, 0) is 24.6 Å². The fourth-order valence-corrected chi connectivity index (χ4v) is 2.41. The monoisotopic (exact) mass is 363 g/mol. The Hall–Kier alpha value is -3.30. The molecule has 1 N–H and O–H groups in total. The standard InChI is InChI=1S/C16H15F2N5O3/c1-9(10-3-4-11(17)12(18)5-10)20-14(24)7-23-16(25)22-8-15(26-2)19-6-13(22)21-23/h3-6,8-9H,7H2,1-2H3,(H,20,24)/t9-/m0/s1. The maximum Gasteiger partial charge on any atom is 0.351 e. The molecule has 0 radical (unpaired) electrons. The van der Waals surface area contributed by atoms with Crippen molar-refractivity contribution in [3.8, 4) is 5.88 Å². The van der Waals surface area contributed by atoms with Gasteiger partial charge in [-0.2, -0.15) is 0 Å². The molecule has 136 valence electrons. The average molecular weight is 363 g/mol. The number of hydrogen-bond acceptors (Lipinski definition) is 5. The van der Waals surface area contributed by atoms with Crippen LogP contribution in [-0.2, 0) is 11.3 Å². The van der Waals surface area contributed by atoms with Crippen LogP contribution in [0.25, 0.3) is 5.65 Å². The SMILES string of the molecule is COc1cn2c(=O)n(CC(=O)N[C@@H](C)c3ccc(F)c(F)c3)nc2cn1. The van der Waals surface area contributed by atoms with E-state index in [1.54, 1.807) is 6.92 Å². The Labute approximate surface area is 146 Å². The Kier molecular flexibility index (Phi) is 4.65. The van der Waals surface area contributed by atoms with Crippen LogP contribution in [0.5, 0.6) is 5.88 Å². The third-order valence-electron chi connectivity index (χ3n) is 3.77. The number of carbonyl (C=O) groups is 1. The molecule has 0 saturated heterocycles. The van der Waals surface area contributed by atoms with Crippen molar-refractivity contribution in [3.63, 3.8) is 0 Å². The van der Waals surface area contributed by atoms with Crippen molar-refractivity contribution in [2.45, 2.75) is 19.5 Å². The summed E-state index contributed by atoms with van der Waals surface area (Å²) in [4.78, 5) is 28.4. The largest absolute Gasteiger partial charge is 0.480 e. The molecule has 8 nitrogen and oxygen atoms in total. The van der Waals surface area contributed by atoms with Crippen molar-refractivity contribution in [3.05, 3.63) is 58.3 Å². The van der Waals surface area contributed by atoms with Crippen molar-refractivity contribution in [1.82, 2.24) is 24.5 Å². The lowest BCUT2D eigenvalue weighted by Gasteiger charge is -2.14. The molecular weight excluding hydrogens is 348 g/mol. The molecule has 3 rings (SSSR count). The maximum absolute atomic E-state index is 13.3. The van der Waals surface area contributed by atoms with Crippen molar-refractivity contribution in [2.75, 3.05) is 7.11 Å². The van der Waals surface area contributed by atoms with Gasteiger partial charge in [-0.1, -0.05) is 6.07 Å². The van der Waals surface area contributed by atoms with Crippen LogP contribution in [0.1, 0.15) is 18.5 Å². The van der Waals surface area contributed by atoms with E-state index in [1.807, 2.05) is 0 Å². The quantitative estimate of drug-likeness (QED) is 0.732. The third-order valence-corrected chi connectivity index (χ3v) is 3.77. The Morgan fingerprint density at radius 2 is 2.12 bits per heavy atom. The van der Waals surface area contributed by atoms with E-state index in [1.165, 1.54) is 30.0 Å². The van der Waals surface area contributed by atoms with E-state index in [9.17, 15) is 18.4 Å². The van der Waals surface area contributed by atoms with Crippen molar-refractivity contribution in [1.29, 1.82) is 0 Å². The van der Waals surface area contributed by atoms with Crippen LogP contribution in [0.15, 0.2) is 35.4 Å². The van der Waals surface area contributed by atoms with Gasteiger partial charge in [0.05, 0.1) is 25.5 Å². The zero-order valence-corrected chi connectivity index (χ0v) is 13.9. The summed E-state index contributed by atoms with van der Waals surface area (Å²) in [6, 6.07) is 2.79. The number of amides is 1. The molecule has 10 heteroatoms. The van der Waals surface area contributed by atoms with Crippen LogP contribution in [0, 0.1) is 11.6 Å². The van der Waals surface area contributed by atoms with Gasteiger partial charge in [-0.15, -0.1) is 5.10 Å². The second-order valence-corrected chi connectivity index (χ2v) is 5.56. The zero-order valence-electron chi connectivity index (χ0n) is 13.9. The van der Waals surface area contributed by atoms with Crippen LogP contribution in [0.3, 0.4) is 0 Å².